The fraction of sp³-hybridized carbons (Fsp3) is 0.538. The second kappa shape index (κ2) is 6.41. The number of hydrogen-bond acceptors (Lipinski definition) is 4. The molecule has 1 aromatic rings. The van der Waals surface area contributed by atoms with E-state index in [-0.39, 0.29) is 17.5 Å². The Morgan fingerprint density at radius 2 is 2.25 bits per heavy atom. The predicted molar refractivity (Wildman–Crippen MR) is 78.1 cm³/mol. The van der Waals surface area contributed by atoms with E-state index in [0.29, 0.717) is 23.7 Å². The first-order chi connectivity index (χ1) is 9.45. The summed E-state index contributed by atoms with van der Waals surface area (Å²) in [6, 6.07) is 4.60. The molecule has 1 saturated heterocycles. The predicted octanol–water partition coefficient (Wildman–Crippen LogP) is 1.60. The molecule has 1 aliphatic rings. The minimum atomic E-state index is -3.54. The van der Waals surface area contributed by atoms with Crippen molar-refractivity contribution < 1.29 is 13.2 Å². The van der Waals surface area contributed by atoms with Gasteiger partial charge in [-0.15, -0.1) is 0 Å². The number of sulfonamides is 1. The van der Waals surface area contributed by atoms with E-state index >= 15 is 0 Å². The van der Waals surface area contributed by atoms with Gasteiger partial charge in [-0.05, 0) is 36.6 Å². The Bertz CT molecular complexity index is 571. The van der Waals surface area contributed by atoms with Crippen molar-refractivity contribution >= 4 is 21.6 Å². The van der Waals surface area contributed by atoms with Crippen molar-refractivity contribution in [2.24, 2.45) is 5.73 Å². The first-order valence-corrected chi connectivity index (χ1v) is 8.33. The minimum absolute atomic E-state index is 0.0175. The molecule has 1 heterocycles. The Labute approximate surface area is 124 Å². The number of likely N-dealkylation sites (N-methyl/N-ethyl adjacent to an activating group) is 1. The maximum atomic E-state index is 12.5. The number of nitrogens with zero attached hydrogens (tertiary/aromatic N) is 1. The maximum Gasteiger partial charge on any atom is 0.242 e. The van der Waals surface area contributed by atoms with Crippen LogP contribution in [0.4, 0.5) is 0 Å². The number of nitrogens with two attached hydrogens (primary N) is 1. The molecule has 7 heteroatoms. The Morgan fingerprint density at radius 3 is 2.85 bits per heavy atom. The fourth-order valence-electron chi connectivity index (χ4n) is 2.22. The summed E-state index contributed by atoms with van der Waals surface area (Å²) in [6.07, 6.45) is 1.86. The van der Waals surface area contributed by atoms with Gasteiger partial charge >= 0.3 is 0 Å². The summed E-state index contributed by atoms with van der Waals surface area (Å²) >= 11 is 5.96. The van der Waals surface area contributed by atoms with E-state index in [1.54, 1.807) is 13.1 Å². The third kappa shape index (κ3) is 3.32. The molecule has 0 radical (unpaired) electrons. The van der Waals surface area contributed by atoms with E-state index in [1.165, 1.54) is 16.4 Å². The number of rotatable bonds is 5. The van der Waals surface area contributed by atoms with Crippen molar-refractivity contribution in [2.45, 2.75) is 30.4 Å². The molecule has 5 nitrogen and oxygen atoms in total. The van der Waals surface area contributed by atoms with Crippen molar-refractivity contribution in [3.63, 3.8) is 0 Å². The highest BCUT2D eigenvalue weighted by molar-refractivity contribution is 7.89. The standard InChI is InChI=1S/C13H19ClN2O3S/c1-16(9-11-3-2-6-19-11)20(17,18)12-4-5-13(14)10(7-12)8-15/h4-5,7,11H,2-3,6,8-9,15H2,1H3. The van der Waals surface area contributed by atoms with E-state index in [9.17, 15) is 8.42 Å². The Kier molecular flexibility index (Phi) is 5.04. The van der Waals surface area contributed by atoms with Crippen LogP contribution in [0.5, 0.6) is 0 Å². The van der Waals surface area contributed by atoms with Gasteiger partial charge in [-0.25, -0.2) is 8.42 Å². The van der Waals surface area contributed by atoms with Gasteiger partial charge < -0.3 is 10.5 Å². The van der Waals surface area contributed by atoms with Crippen LogP contribution in [0, 0.1) is 0 Å². The second-order valence-electron chi connectivity index (χ2n) is 4.88. The van der Waals surface area contributed by atoms with Crippen LogP contribution >= 0.6 is 11.6 Å². The van der Waals surface area contributed by atoms with E-state index in [2.05, 4.69) is 0 Å². The van der Waals surface area contributed by atoms with Crippen LogP contribution in [-0.4, -0.2) is 39.0 Å². The van der Waals surface area contributed by atoms with Gasteiger partial charge in [0.25, 0.3) is 0 Å². The highest BCUT2D eigenvalue weighted by atomic mass is 35.5. The zero-order valence-electron chi connectivity index (χ0n) is 11.4. The van der Waals surface area contributed by atoms with Gasteiger partial charge in [0, 0.05) is 31.8 Å². The number of halogens is 1. The molecular formula is C13H19ClN2O3S. The molecule has 1 fully saturated rings. The minimum Gasteiger partial charge on any atom is -0.377 e. The molecule has 1 atom stereocenters. The summed E-state index contributed by atoms with van der Waals surface area (Å²) in [5, 5.41) is 0.480. The van der Waals surface area contributed by atoms with Gasteiger partial charge in [-0.2, -0.15) is 4.31 Å². The largest absolute Gasteiger partial charge is 0.377 e. The lowest BCUT2D eigenvalue weighted by molar-refractivity contribution is 0.0979. The monoisotopic (exact) mass is 318 g/mol. The number of hydrogen-bond donors (Lipinski definition) is 1. The lowest BCUT2D eigenvalue weighted by atomic mass is 10.2. The van der Waals surface area contributed by atoms with Crippen LogP contribution in [0.25, 0.3) is 0 Å². The normalized spacial score (nSPS) is 19.7. The van der Waals surface area contributed by atoms with E-state index in [4.69, 9.17) is 22.1 Å². The van der Waals surface area contributed by atoms with Gasteiger partial charge in [0.15, 0.2) is 0 Å². The van der Waals surface area contributed by atoms with Crippen LogP contribution in [0.15, 0.2) is 23.1 Å². The average molecular weight is 319 g/mol. The molecule has 1 aromatic carbocycles. The molecule has 1 aliphatic heterocycles. The highest BCUT2D eigenvalue weighted by Crippen LogP contribution is 2.23. The summed E-state index contributed by atoms with van der Waals surface area (Å²) in [4.78, 5) is 0.211. The third-order valence-corrected chi connectivity index (χ3v) is 5.62. The zero-order chi connectivity index (χ0) is 14.8. The first-order valence-electron chi connectivity index (χ1n) is 6.51. The molecule has 0 aromatic heterocycles. The molecule has 0 spiro atoms. The Balaban J connectivity index is 2.20. The first kappa shape index (κ1) is 15.7. The van der Waals surface area contributed by atoms with Crippen molar-refractivity contribution in [3.8, 4) is 0 Å². The fourth-order valence-corrected chi connectivity index (χ4v) is 3.67. The SMILES string of the molecule is CN(CC1CCCO1)S(=O)(=O)c1ccc(Cl)c(CN)c1. The third-order valence-electron chi connectivity index (χ3n) is 3.43. The molecule has 0 bridgehead atoms. The molecule has 2 N–H and O–H groups in total. The smallest absolute Gasteiger partial charge is 0.242 e. The molecule has 20 heavy (non-hydrogen) atoms. The van der Waals surface area contributed by atoms with E-state index in [1.807, 2.05) is 0 Å². The van der Waals surface area contributed by atoms with Crippen molar-refractivity contribution in [3.05, 3.63) is 28.8 Å². The van der Waals surface area contributed by atoms with E-state index < -0.39 is 10.0 Å². The second-order valence-corrected chi connectivity index (χ2v) is 7.33. The average Bonchev–Trinajstić information content (AvgIpc) is 2.91. The van der Waals surface area contributed by atoms with Gasteiger partial charge in [0.05, 0.1) is 11.0 Å². The van der Waals surface area contributed by atoms with E-state index in [0.717, 1.165) is 12.8 Å². The van der Waals surface area contributed by atoms with Gasteiger partial charge in [0.1, 0.15) is 0 Å². The lowest BCUT2D eigenvalue weighted by Crippen LogP contribution is -2.34. The van der Waals surface area contributed by atoms with Crippen LogP contribution < -0.4 is 5.73 Å². The summed E-state index contributed by atoms with van der Waals surface area (Å²) in [7, 11) is -1.97. The summed E-state index contributed by atoms with van der Waals surface area (Å²) in [5.41, 5.74) is 6.18. The number of ether oxygens (including phenoxy) is 1. The van der Waals surface area contributed by atoms with Crippen LogP contribution in [0.2, 0.25) is 5.02 Å². The van der Waals surface area contributed by atoms with Crippen LogP contribution in [0.1, 0.15) is 18.4 Å². The Morgan fingerprint density at radius 1 is 1.50 bits per heavy atom. The molecule has 0 aliphatic carbocycles. The van der Waals surface area contributed by atoms with Crippen LogP contribution in [0.3, 0.4) is 0 Å². The summed E-state index contributed by atoms with van der Waals surface area (Å²) in [5.74, 6) is 0. The van der Waals surface area contributed by atoms with Crippen molar-refractivity contribution in [1.29, 1.82) is 0 Å². The molecular weight excluding hydrogens is 300 g/mol. The quantitative estimate of drug-likeness (QED) is 0.895. The molecule has 1 unspecified atom stereocenters. The maximum absolute atomic E-state index is 12.5. The van der Waals surface area contributed by atoms with Gasteiger partial charge in [0.2, 0.25) is 10.0 Å². The van der Waals surface area contributed by atoms with Crippen LogP contribution in [-0.2, 0) is 21.3 Å². The van der Waals surface area contributed by atoms with Crippen molar-refractivity contribution in [2.75, 3.05) is 20.2 Å². The Hall–Kier alpha value is -0.660. The van der Waals surface area contributed by atoms with Gasteiger partial charge in [-0.3, -0.25) is 0 Å². The molecule has 0 amide bonds. The highest BCUT2D eigenvalue weighted by Gasteiger charge is 2.26. The lowest BCUT2D eigenvalue weighted by Gasteiger charge is -2.21. The number of benzene rings is 1. The zero-order valence-corrected chi connectivity index (χ0v) is 13.0. The summed E-state index contributed by atoms with van der Waals surface area (Å²) in [6.45, 7) is 1.28. The molecule has 2 rings (SSSR count). The topological polar surface area (TPSA) is 72.6 Å². The van der Waals surface area contributed by atoms with Crippen molar-refractivity contribution in [1.82, 2.24) is 4.31 Å². The molecule has 112 valence electrons. The summed E-state index contributed by atoms with van der Waals surface area (Å²) < 4.78 is 31.8. The molecule has 0 saturated carbocycles. The van der Waals surface area contributed by atoms with Gasteiger partial charge in [-0.1, -0.05) is 11.6 Å².